The van der Waals surface area contributed by atoms with E-state index in [0.29, 0.717) is 6.04 Å². The van der Waals surface area contributed by atoms with Crippen molar-refractivity contribution in [2.75, 3.05) is 77.4 Å². The second-order valence-corrected chi connectivity index (χ2v) is 8.27. The summed E-state index contributed by atoms with van der Waals surface area (Å²) < 4.78 is 0. The molecule has 2 fully saturated rings. The van der Waals surface area contributed by atoms with Gasteiger partial charge in [0.1, 0.15) is 0 Å². The van der Waals surface area contributed by atoms with Crippen LogP contribution in [0.4, 0.5) is 5.69 Å². The lowest BCUT2D eigenvalue weighted by molar-refractivity contribution is 0.122. The lowest BCUT2D eigenvalue weighted by Gasteiger charge is -2.38. The molecule has 2 aliphatic heterocycles. The number of aliphatic imine (C=N–C) groups is 1. The number of benzene rings is 1. The van der Waals surface area contributed by atoms with Crippen molar-refractivity contribution in [3.8, 4) is 0 Å². The Bertz CT molecular complexity index is 642. The molecule has 8 heteroatoms. The third kappa shape index (κ3) is 7.15. The van der Waals surface area contributed by atoms with Gasteiger partial charge < -0.3 is 20.0 Å². The van der Waals surface area contributed by atoms with E-state index in [2.05, 4.69) is 51.9 Å². The molecule has 1 unspecified atom stereocenters. The van der Waals surface area contributed by atoms with Crippen LogP contribution in [-0.4, -0.2) is 99.2 Å². The molecule has 164 valence electrons. The van der Waals surface area contributed by atoms with Gasteiger partial charge in [-0.2, -0.15) is 0 Å². The lowest BCUT2D eigenvalue weighted by atomic mass is 10.2. The van der Waals surface area contributed by atoms with Crippen LogP contribution in [-0.2, 0) is 0 Å². The summed E-state index contributed by atoms with van der Waals surface area (Å²) in [4.78, 5) is 14.7. The van der Waals surface area contributed by atoms with Gasteiger partial charge in [0.2, 0.25) is 0 Å². The Labute approximate surface area is 198 Å². The highest BCUT2D eigenvalue weighted by atomic mass is 127. The summed E-state index contributed by atoms with van der Waals surface area (Å²) in [7, 11) is 2.20. The Morgan fingerprint density at radius 2 is 1.79 bits per heavy atom. The second kappa shape index (κ2) is 12.2. The first-order valence-corrected chi connectivity index (χ1v) is 10.9. The van der Waals surface area contributed by atoms with Crippen molar-refractivity contribution in [3.63, 3.8) is 0 Å². The molecule has 3 rings (SSSR count). The molecule has 0 bridgehead atoms. The van der Waals surface area contributed by atoms with Gasteiger partial charge in [-0.1, -0.05) is 17.7 Å². The van der Waals surface area contributed by atoms with E-state index >= 15 is 0 Å². The van der Waals surface area contributed by atoms with Crippen LogP contribution in [0.1, 0.15) is 13.8 Å². The van der Waals surface area contributed by atoms with E-state index in [1.54, 1.807) is 0 Å². The molecule has 0 spiro atoms. The van der Waals surface area contributed by atoms with Crippen LogP contribution in [0.25, 0.3) is 0 Å². The summed E-state index contributed by atoms with van der Waals surface area (Å²) in [5.74, 6) is 1.05. The number of nitrogens with one attached hydrogen (secondary N) is 1. The number of guanidine groups is 1. The van der Waals surface area contributed by atoms with E-state index < -0.39 is 0 Å². The minimum atomic E-state index is 0. The van der Waals surface area contributed by atoms with Gasteiger partial charge in [0.25, 0.3) is 0 Å². The van der Waals surface area contributed by atoms with Gasteiger partial charge in [0, 0.05) is 75.7 Å². The van der Waals surface area contributed by atoms with E-state index in [4.69, 9.17) is 16.6 Å². The van der Waals surface area contributed by atoms with Crippen molar-refractivity contribution < 1.29 is 0 Å². The fraction of sp³-hybridized carbons (Fsp3) is 0.667. The molecule has 1 atom stereocenters. The van der Waals surface area contributed by atoms with Gasteiger partial charge in [0.15, 0.2) is 5.96 Å². The zero-order chi connectivity index (χ0) is 19.9. The molecular formula is C21H36ClIN6. The standard InChI is InChI=1S/C21H35ClN6.HI/c1-4-23-21(24-17-18(2)26-10-8-25(3)9-11-26)28-14-12-27(13-15-28)20-7-5-6-19(22)16-20;/h5-7,16,18H,4,8-15,17H2,1-3H3,(H,23,24);1H. The van der Waals surface area contributed by atoms with Crippen LogP contribution < -0.4 is 10.2 Å². The number of anilines is 1. The maximum atomic E-state index is 6.15. The van der Waals surface area contributed by atoms with Gasteiger partial charge >= 0.3 is 0 Å². The molecule has 29 heavy (non-hydrogen) atoms. The molecule has 2 heterocycles. The molecule has 0 aliphatic carbocycles. The Balaban J connectivity index is 0.00000300. The highest BCUT2D eigenvalue weighted by Crippen LogP contribution is 2.20. The number of nitrogens with zero attached hydrogens (tertiary/aromatic N) is 5. The van der Waals surface area contributed by atoms with Crippen molar-refractivity contribution in [1.29, 1.82) is 0 Å². The molecular weight excluding hydrogens is 499 g/mol. The molecule has 0 saturated carbocycles. The SMILES string of the molecule is CCNC(=NCC(C)N1CCN(C)CC1)N1CCN(c2cccc(Cl)c2)CC1.I. The molecule has 0 amide bonds. The molecule has 1 aromatic carbocycles. The topological polar surface area (TPSA) is 37.4 Å². The maximum absolute atomic E-state index is 6.15. The number of likely N-dealkylation sites (N-methyl/N-ethyl adjacent to an activating group) is 1. The average molecular weight is 535 g/mol. The molecule has 2 saturated heterocycles. The molecule has 0 aromatic heterocycles. The smallest absolute Gasteiger partial charge is 0.194 e. The first-order valence-electron chi connectivity index (χ1n) is 10.5. The molecule has 1 aromatic rings. The van der Waals surface area contributed by atoms with Crippen molar-refractivity contribution >= 4 is 47.2 Å². The van der Waals surface area contributed by atoms with Gasteiger partial charge in [-0.25, -0.2) is 0 Å². The minimum absolute atomic E-state index is 0. The van der Waals surface area contributed by atoms with E-state index in [-0.39, 0.29) is 24.0 Å². The van der Waals surface area contributed by atoms with E-state index in [9.17, 15) is 0 Å². The largest absolute Gasteiger partial charge is 0.368 e. The van der Waals surface area contributed by atoms with Crippen LogP contribution >= 0.6 is 35.6 Å². The molecule has 6 nitrogen and oxygen atoms in total. The number of rotatable bonds is 5. The zero-order valence-corrected chi connectivity index (χ0v) is 21.1. The minimum Gasteiger partial charge on any atom is -0.368 e. The quantitative estimate of drug-likeness (QED) is 0.357. The summed E-state index contributed by atoms with van der Waals surface area (Å²) >= 11 is 6.15. The summed E-state index contributed by atoms with van der Waals surface area (Å²) in [5, 5.41) is 4.29. The van der Waals surface area contributed by atoms with Crippen molar-refractivity contribution in [2.24, 2.45) is 4.99 Å². The van der Waals surface area contributed by atoms with Gasteiger partial charge in [-0.15, -0.1) is 24.0 Å². The zero-order valence-electron chi connectivity index (χ0n) is 18.0. The van der Waals surface area contributed by atoms with Crippen LogP contribution in [0.15, 0.2) is 29.3 Å². The van der Waals surface area contributed by atoms with Gasteiger partial charge in [-0.05, 0) is 39.1 Å². The Morgan fingerprint density at radius 1 is 1.10 bits per heavy atom. The summed E-state index contributed by atoms with van der Waals surface area (Å²) in [6, 6.07) is 8.62. The number of piperazine rings is 2. The predicted molar refractivity (Wildman–Crippen MR) is 135 cm³/mol. The summed E-state index contributed by atoms with van der Waals surface area (Å²) in [6.07, 6.45) is 0. The molecule has 0 radical (unpaired) electrons. The monoisotopic (exact) mass is 534 g/mol. The van der Waals surface area contributed by atoms with Crippen LogP contribution in [0, 0.1) is 0 Å². The van der Waals surface area contributed by atoms with Crippen LogP contribution in [0.2, 0.25) is 5.02 Å². The molecule has 1 N–H and O–H groups in total. The fourth-order valence-electron chi connectivity index (χ4n) is 3.87. The van der Waals surface area contributed by atoms with E-state index in [1.165, 1.54) is 5.69 Å². The third-order valence-corrected chi connectivity index (χ3v) is 5.99. The Hall–Kier alpha value is -0.770. The summed E-state index contributed by atoms with van der Waals surface area (Å²) in [6.45, 7) is 14.7. The van der Waals surface area contributed by atoms with Gasteiger partial charge in [0.05, 0.1) is 6.54 Å². The molecule has 2 aliphatic rings. The fourth-order valence-corrected chi connectivity index (χ4v) is 4.06. The lowest BCUT2D eigenvalue weighted by Crippen LogP contribution is -2.53. The first-order chi connectivity index (χ1) is 13.6. The van der Waals surface area contributed by atoms with E-state index in [0.717, 1.165) is 76.4 Å². The van der Waals surface area contributed by atoms with Crippen molar-refractivity contribution in [1.82, 2.24) is 20.0 Å². The maximum Gasteiger partial charge on any atom is 0.194 e. The first kappa shape index (κ1) is 24.5. The highest BCUT2D eigenvalue weighted by molar-refractivity contribution is 14.0. The third-order valence-electron chi connectivity index (χ3n) is 5.75. The van der Waals surface area contributed by atoms with Crippen LogP contribution in [0.5, 0.6) is 0 Å². The normalized spacial score (nSPS) is 20.3. The van der Waals surface area contributed by atoms with Crippen molar-refractivity contribution in [3.05, 3.63) is 29.3 Å². The predicted octanol–water partition coefficient (Wildman–Crippen LogP) is 2.68. The number of hydrogen-bond donors (Lipinski definition) is 1. The number of hydrogen-bond acceptors (Lipinski definition) is 4. The van der Waals surface area contributed by atoms with Crippen LogP contribution in [0.3, 0.4) is 0 Å². The Morgan fingerprint density at radius 3 is 2.41 bits per heavy atom. The second-order valence-electron chi connectivity index (χ2n) is 7.84. The Kier molecular flexibility index (Phi) is 10.3. The van der Waals surface area contributed by atoms with Crippen molar-refractivity contribution in [2.45, 2.75) is 19.9 Å². The highest BCUT2D eigenvalue weighted by Gasteiger charge is 2.22. The van der Waals surface area contributed by atoms with E-state index in [1.807, 2.05) is 18.2 Å². The number of halogens is 2. The average Bonchev–Trinajstić information content (AvgIpc) is 2.71. The van der Waals surface area contributed by atoms with Gasteiger partial charge in [-0.3, -0.25) is 9.89 Å². The summed E-state index contributed by atoms with van der Waals surface area (Å²) in [5.41, 5.74) is 1.21.